The number of amides is 2. The van der Waals surface area contributed by atoms with Crippen LogP contribution in [0, 0.1) is 0 Å². The molecule has 2 aromatic carbocycles. The van der Waals surface area contributed by atoms with Crippen LogP contribution in [-0.4, -0.2) is 38.0 Å². The van der Waals surface area contributed by atoms with Crippen LogP contribution in [0.3, 0.4) is 0 Å². The van der Waals surface area contributed by atoms with Gasteiger partial charge in [-0.05, 0) is 42.5 Å². The van der Waals surface area contributed by atoms with Crippen LogP contribution in [0.5, 0.6) is 5.75 Å². The van der Waals surface area contributed by atoms with Crippen molar-refractivity contribution in [2.75, 3.05) is 36.7 Å². The second-order valence-corrected chi connectivity index (χ2v) is 6.54. The first kappa shape index (κ1) is 19.9. The molecule has 0 fully saturated rings. The second kappa shape index (κ2) is 8.88. The molecule has 0 spiro atoms. The predicted molar refractivity (Wildman–Crippen MR) is 114 cm³/mol. The number of carbonyl (C=O) groups is 2. The molecule has 1 aromatic heterocycles. The van der Waals surface area contributed by atoms with Gasteiger partial charge in [-0.1, -0.05) is 6.07 Å². The van der Waals surface area contributed by atoms with Crippen molar-refractivity contribution in [1.29, 1.82) is 0 Å². The highest BCUT2D eigenvalue weighted by molar-refractivity contribution is 6.08. The van der Waals surface area contributed by atoms with Gasteiger partial charge in [-0.15, -0.1) is 0 Å². The molecule has 0 saturated heterocycles. The number of anilines is 3. The van der Waals surface area contributed by atoms with Crippen molar-refractivity contribution in [1.82, 2.24) is 4.98 Å². The molecule has 0 aliphatic carbocycles. The van der Waals surface area contributed by atoms with Gasteiger partial charge < -0.3 is 20.3 Å². The lowest BCUT2D eigenvalue weighted by Crippen LogP contribution is -2.16. The SMILES string of the molecule is COc1cccc(NC(=O)c2cncc(C(=O)Nc3ccc(N(C)C)cc3)c2)c1. The molecule has 0 aliphatic rings. The first-order chi connectivity index (χ1) is 14.0. The highest BCUT2D eigenvalue weighted by Crippen LogP contribution is 2.19. The number of methoxy groups -OCH3 is 1. The molecule has 1 heterocycles. The summed E-state index contributed by atoms with van der Waals surface area (Å²) >= 11 is 0. The summed E-state index contributed by atoms with van der Waals surface area (Å²) < 4.78 is 5.15. The average molecular weight is 390 g/mol. The maximum Gasteiger partial charge on any atom is 0.257 e. The van der Waals surface area contributed by atoms with Gasteiger partial charge in [0.05, 0.1) is 18.2 Å². The minimum absolute atomic E-state index is 0.281. The fraction of sp³-hybridized carbons (Fsp3) is 0.136. The van der Waals surface area contributed by atoms with Crippen molar-refractivity contribution in [2.45, 2.75) is 0 Å². The van der Waals surface area contributed by atoms with Gasteiger partial charge in [-0.25, -0.2) is 0 Å². The van der Waals surface area contributed by atoms with Crippen molar-refractivity contribution in [2.24, 2.45) is 0 Å². The number of carbonyl (C=O) groups excluding carboxylic acids is 2. The molecule has 0 unspecified atom stereocenters. The van der Waals surface area contributed by atoms with E-state index in [1.54, 1.807) is 31.4 Å². The first-order valence-corrected chi connectivity index (χ1v) is 8.95. The molecule has 2 amide bonds. The normalized spacial score (nSPS) is 10.2. The van der Waals surface area contributed by atoms with Crippen molar-refractivity contribution in [3.05, 3.63) is 78.1 Å². The Morgan fingerprint density at radius 3 is 2.07 bits per heavy atom. The quantitative estimate of drug-likeness (QED) is 0.671. The zero-order valence-electron chi connectivity index (χ0n) is 16.5. The third-order valence-corrected chi connectivity index (χ3v) is 4.23. The van der Waals surface area contributed by atoms with E-state index in [-0.39, 0.29) is 17.4 Å². The number of hydrogen-bond acceptors (Lipinski definition) is 5. The van der Waals surface area contributed by atoms with Gasteiger partial charge in [-0.3, -0.25) is 14.6 Å². The standard InChI is InChI=1S/C22H22N4O3/c1-26(2)19-9-7-17(8-10-19)24-21(27)15-11-16(14-23-13-15)22(28)25-18-5-4-6-20(12-18)29-3/h4-14H,1-3H3,(H,24,27)(H,25,28). The van der Waals surface area contributed by atoms with Crippen LogP contribution in [0.4, 0.5) is 17.1 Å². The number of pyridine rings is 1. The molecule has 29 heavy (non-hydrogen) atoms. The summed E-state index contributed by atoms with van der Waals surface area (Å²) in [4.78, 5) is 31.1. The van der Waals surface area contributed by atoms with Crippen molar-refractivity contribution in [3.63, 3.8) is 0 Å². The molecule has 3 rings (SSSR count). The van der Waals surface area contributed by atoms with E-state index in [2.05, 4.69) is 15.6 Å². The van der Waals surface area contributed by atoms with Gasteiger partial charge in [0.1, 0.15) is 5.75 Å². The average Bonchev–Trinajstić information content (AvgIpc) is 2.74. The molecule has 0 atom stereocenters. The van der Waals surface area contributed by atoms with E-state index in [0.717, 1.165) is 5.69 Å². The molecule has 148 valence electrons. The Labute approximate surface area is 169 Å². The van der Waals surface area contributed by atoms with E-state index in [1.807, 2.05) is 43.3 Å². The fourth-order valence-electron chi connectivity index (χ4n) is 2.64. The third kappa shape index (κ3) is 5.10. The van der Waals surface area contributed by atoms with Crippen molar-refractivity contribution in [3.8, 4) is 5.75 Å². The van der Waals surface area contributed by atoms with E-state index >= 15 is 0 Å². The Balaban J connectivity index is 1.70. The van der Waals surface area contributed by atoms with Crippen LogP contribution in [0.25, 0.3) is 0 Å². The topological polar surface area (TPSA) is 83.6 Å². The zero-order valence-corrected chi connectivity index (χ0v) is 16.5. The minimum atomic E-state index is -0.365. The minimum Gasteiger partial charge on any atom is -0.497 e. The van der Waals surface area contributed by atoms with Gasteiger partial charge in [0.15, 0.2) is 0 Å². The van der Waals surface area contributed by atoms with Crippen LogP contribution in [0.1, 0.15) is 20.7 Å². The Bertz CT molecular complexity index is 1020. The summed E-state index contributed by atoms with van der Waals surface area (Å²) in [5.74, 6) is -0.0730. The highest BCUT2D eigenvalue weighted by Gasteiger charge is 2.12. The van der Waals surface area contributed by atoms with Crippen LogP contribution in [0.15, 0.2) is 67.0 Å². The zero-order chi connectivity index (χ0) is 20.8. The second-order valence-electron chi connectivity index (χ2n) is 6.54. The maximum absolute atomic E-state index is 12.5. The molecule has 0 radical (unpaired) electrons. The Kier molecular flexibility index (Phi) is 6.09. The number of nitrogens with one attached hydrogen (secondary N) is 2. The number of benzene rings is 2. The third-order valence-electron chi connectivity index (χ3n) is 4.23. The summed E-state index contributed by atoms with van der Waals surface area (Å²) in [5, 5.41) is 5.58. The van der Waals surface area contributed by atoms with E-state index in [1.165, 1.54) is 18.5 Å². The number of nitrogens with zero attached hydrogens (tertiary/aromatic N) is 2. The van der Waals surface area contributed by atoms with Gasteiger partial charge in [-0.2, -0.15) is 0 Å². The number of hydrogen-bond donors (Lipinski definition) is 2. The fourth-order valence-corrected chi connectivity index (χ4v) is 2.64. The maximum atomic E-state index is 12.5. The van der Waals surface area contributed by atoms with Crippen LogP contribution in [-0.2, 0) is 0 Å². The van der Waals surface area contributed by atoms with Gasteiger partial charge in [0.25, 0.3) is 11.8 Å². The molecule has 0 bridgehead atoms. The molecule has 7 heteroatoms. The predicted octanol–water partition coefficient (Wildman–Crippen LogP) is 3.66. The molecule has 0 saturated carbocycles. The van der Waals surface area contributed by atoms with Gasteiger partial charge >= 0.3 is 0 Å². The molecular weight excluding hydrogens is 368 g/mol. The summed E-state index contributed by atoms with van der Waals surface area (Å²) in [6, 6.07) is 16.0. The van der Waals surface area contributed by atoms with Crippen LogP contribution >= 0.6 is 0 Å². The number of rotatable bonds is 6. The lowest BCUT2D eigenvalue weighted by Gasteiger charge is -2.13. The highest BCUT2D eigenvalue weighted by atomic mass is 16.5. The lowest BCUT2D eigenvalue weighted by molar-refractivity contribution is 0.102. The van der Waals surface area contributed by atoms with Gasteiger partial charge in [0.2, 0.25) is 0 Å². The van der Waals surface area contributed by atoms with Crippen molar-refractivity contribution >= 4 is 28.9 Å². The van der Waals surface area contributed by atoms with E-state index < -0.39 is 0 Å². The van der Waals surface area contributed by atoms with Crippen LogP contribution in [0.2, 0.25) is 0 Å². The number of ether oxygens (including phenoxy) is 1. The molecule has 0 aliphatic heterocycles. The van der Waals surface area contributed by atoms with Gasteiger partial charge in [0, 0.05) is 49.6 Å². The summed E-state index contributed by atoms with van der Waals surface area (Å²) in [6.45, 7) is 0. The van der Waals surface area contributed by atoms with Crippen LogP contribution < -0.4 is 20.3 Å². The molecule has 2 N–H and O–H groups in total. The Morgan fingerprint density at radius 2 is 1.48 bits per heavy atom. The van der Waals surface area contributed by atoms with Crippen molar-refractivity contribution < 1.29 is 14.3 Å². The molecule has 7 nitrogen and oxygen atoms in total. The molecule has 3 aromatic rings. The van der Waals surface area contributed by atoms with E-state index in [4.69, 9.17) is 4.74 Å². The first-order valence-electron chi connectivity index (χ1n) is 8.95. The molecular formula is C22H22N4O3. The van der Waals surface area contributed by atoms with E-state index in [9.17, 15) is 9.59 Å². The lowest BCUT2D eigenvalue weighted by atomic mass is 10.1. The Hall–Kier alpha value is -3.87. The largest absolute Gasteiger partial charge is 0.497 e. The monoisotopic (exact) mass is 390 g/mol. The smallest absolute Gasteiger partial charge is 0.257 e. The summed E-state index contributed by atoms with van der Waals surface area (Å²) in [7, 11) is 5.45. The Morgan fingerprint density at radius 1 is 0.862 bits per heavy atom. The number of aromatic nitrogens is 1. The summed E-state index contributed by atoms with van der Waals surface area (Å²) in [5.41, 5.74) is 2.85. The van der Waals surface area contributed by atoms with E-state index in [0.29, 0.717) is 22.7 Å². The summed E-state index contributed by atoms with van der Waals surface area (Å²) in [6.07, 6.45) is 2.84.